The standard InChI is InChI=1S/C15H20N4O2/c1-11(14-6-4-8-21-14)18-15(20)19-7-3-2-5-13(19)12-9-16-17-10-12/h4,6,8-11,13H,2-3,5,7H2,1H3,(H,16,17)(H,18,20)/t11-,13+/m1/s1. The van der Waals surface area contributed by atoms with E-state index in [9.17, 15) is 4.79 Å². The van der Waals surface area contributed by atoms with Crippen molar-refractivity contribution >= 4 is 6.03 Å². The topological polar surface area (TPSA) is 74.2 Å². The van der Waals surface area contributed by atoms with E-state index < -0.39 is 0 Å². The largest absolute Gasteiger partial charge is 0.467 e. The van der Waals surface area contributed by atoms with Gasteiger partial charge >= 0.3 is 6.03 Å². The van der Waals surface area contributed by atoms with Crippen molar-refractivity contribution in [1.82, 2.24) is 20.4 Å². The predicted molar refractivity (Wildman–Crippen MR) is 77.5 cm³/mol. The second-order valence-electron chi connectivity index (χ2n) is 5.42. The maximum atomic E-state index is 12.6. The Morgan fingerprint density at radius 3 is 3.19 bits per heavy atom. The van der Waals surface area contributed by atoms with Gasteiger partial charge in [-0.2, -0.15) is 5.10 Å². The lowest BCUT2D eigenvalue weighted by Gasteiger charge is -2.35. The molecule has 2 N–H and O–H groups in total. The molecule has 0 spiro atoms. The summed E-state index contributed by atoms with van der Waals surface area (Å²) in [6.45, 7) is 2.69. The first-order valence-corrected chi connectivity index (χ1v) is 7.35. The number of carbonyl (C=O) groups excluding carboxylic acids is 1. The van der Waals surface area contributed by atoms with E-state index >= 15 is 0 Å². The fourth-order valence-corrected chi connectivity index (χ4v) is 2.84. The zero-order valence-electron chi connectivity index (χ0n) is 12.1. The van der Waals surface area contributed by atoms with Crippen molar-refractivity contribution in [2.75, 3.05) is 6.54 Å². The molecule has 21 heavy (non-hydrogen) atoms. The highest BCUT2D eigenvalue weighted by Crippen LogP contribution is 2.30. The number of nitrogens with zero attached hydrogens (tertiary/aromatic N) is 2. The van der Waals surface area contributed by atoms with Crippen LogP contribution in [-0.2, 0) is 0 Å². The molecule has 0 aromatic carbocycles. The summed E-state index contributed by atoms with van der Waals surface area (Å²) in [6, 6.07) is 3.60. The molecule has 2 aromatic heterocycles. The Bertz CT molecular complexity index is 565. The second-order valence-corrected chi connectivity index (χ2v) is 5.42. The van der Waals surface area contributed by atoms with Crippen LogP contribution in [0.25, 0.3) is 0 Å². The van der Waals surface area contributed by atoms with Gasteiger partial charge in [0.05, 0.1) is 24.5 Å². The fraction of sp³-hybridized carbons (Fsp3) is 0.467. The summed E-state index contributed by atoms with van der Waals surface area (Å²) in [6.07, 6.45) is 8.43. The van der Waals surface area contributed by atoms with Gasteiger partial charge < -0.3 is 14.6 Å². The van der Waals surface area contributed by atoms with E-state index in [2.05, 4.69) is 15.5 Å². The molecular formula is C15H20N4O2. The van der Waals surface area contributed by atoms with Crippen LogP contribution < -0.4 is 5.32 Å². The molecular weight excluding hydrogens is 268 g/mol. The number of likely N-dealkylation sites (tertiary alicyclic amines) is 1. The van der Waals surface area contributed by atoms with Gasteiger partial charge in [-0.1, -0.05) is 0 Å². The number of furan rings is 1. The van der Waals surface area contributed by atoms with Gasteiger partial charge in [-0.05, 0) is 38.3 Å². The molecule has 1 saturated heterocycles. The maximum Gasteiger partial charge on any atom is 0.318 e. The molecule has 2 amide bonds. The molecule has 3 rings (SSSR count). The number of H-pyrrole nitrogens is 1. The number of aromatic amines is 1. The van der Waals surface area contributed by atoms with Crippen molar-refractivity contribution in [3.05, 3.63) is 42.1 Å². The molecule has 0 aliphatic carbocycles. The third-order valence-corrected chi connectivity index (χ3v) is 3.98. The van der Waals surface area contributed by atoms with Gasteiger partial charge in [-0.15, -0.1) is 0 Å². The summed E-state index contributed by atoms with van der Waals surface area (Å²) in [5.41, 5.74) is 1.07. The van der Waals surface area contributed by atoms with Crippen LogP contribution in [0.5, 0.6) is 0 Å². The Morgan fingerprint density at radius 2 is 2.48 bits per heavy atom. The molecule has 2 atom stereocenters. The Kier molecular flexibility index (Phi) is 3.94. The Morgan fingerprint density at radius 1 is 1.57 bits per heavy atom. The van der Waals surface area contributed by atoms with Crippen molar-refractivity contribution in [3.8, 4) is 0 Å². The summed E-state index contributed by atoms with van der Waals surface area (Å²) in [5.74, 6) is 0.764. The zero-order valence-corrected chi connectivity index (χ0v) is 12.1. The number of nitrogens with one attached hydrogen (secondary N) is 2. The summed E-state index contributed by atoms with van der Waals surface area (Å²) in [4.78, 5) is 14.4. The Balaban J connectivity index is 1.69. The van der Waals surface area contributed by atoms with Gasteiger partial charge in [0.1, 0.15) is 5.76 Å². The zero-order chi connectivity index (χ0) is 14.7. The lowest BCUT2D eigenvalue weighted by Crippen LogP contribution is -2.45. The third kappa shape index (κ3) is 2.94. The number of carbonyl (C=O) groups is 1. The van der Waals surface area contributed by atoms with E-state index in [-0.39, 0.29) is 18.1 Å². The van der Waals surface area contributed by atoms with Crippen LogP contribution in [0.4, 0.5) is 4.79 Å². The molecule has 0 saturated carbocycles. The van der Waals surface area contributed by atoms with Crippen LogP contribution in [0.2, 0.25) is 0 Å². The minimum Gasteiger partial charge on any atom is -0.467 e. The maximum absolute atomic E-state index is 12.6. The Labute approximate surface area is 123 Å². The molecule has 6 heteroatoms. The number of hydrogen-bond acceptors (Lipinski definition) is 3. The molecule has 1 aliphatic heterocycles. The SMILES string of the molecule is C[C@@H](NC(=O)N1CCCC[C@H]1c1cn[nH]c1)c1ccco1. The number of hydrogen-bond donors (Lipinski definition) is 2. The first kappa shape index (κ1) is 13.7. The lowest BCUT2D eigenvalue weighted by molar-refractivity contribution is 0.148. The molecule has 3 heterocycles. The highest BCUT2D eigenvalue weighted by molar-refractivity contribution is 5.75. The van der Waals surface area contributed by atoms with E-state index in [1.807, 2.05) is 30.2 Å². The third-order valence-electron chi connectivity index (χ3n) is 3.98. The number of piperidine rings is 1. The molecule has 112 valence electrons. The fourth-order valence-electron chi connectivity index (χ4n) is 2.84. The second kappa shape index (κ2) is 6.03. The van der Waals surface area contributed by atoms with Crippen LogP contribution in [0.15, 0.2) is 35.2 Å². The van der Waals surface area contributed by atoms with Crippen LogP contribution in [0, 0.1) is 0 Å². The van der Waals surface area contributed by atoms with Crippen molar-refractivity contribution < 1.29 is 9.21 Å². The average Bonchev–Trinajstić information content (AvgIpc) is 3.20. The highest BCUT2D eigenvalue weighted by Gasteiger charge is 2.29. The number of urea groups is 1. The summed E-state index contributed by atoms with van der Waals surface area (Å²) in [5, 5.41) is 9.83. The van der Waals surface area contributed by atoms with E-state index in [0.717, 1.165) is 37.1 Å². The average molecular weight is 288 g/mol. The first-order chi connectivity index (χ1) is 10.3. The van der Waals surface area contributed by atoms with E-state index in [1.165, 1.54) is 0 Å². The van der Waals surface area contributed by atoms with Crippen LogP contribution >= 0.6 is 0 Å². The van der Waals surface area contributed by atoms with Crippen molar-refractivity contribution in [3.63, 3.8) is 0 Å². The van der Waals surface area contributed by atoms with E-state index in [4.69, 9.17) is 4.42 Å². The minimum atomic E-state index is -0.139. The molecule has 2 aromatic rings. The molecule has 0 unspecified atom stereocenters. The van der Waals surface area contributed by atoms with E-state index in [0.29, 0.717) is 0 Å². The molecule has 1 aliphatic rings. The monoisotopic (exact) mass is 288 g/mol. The smallest absolute Gasteiger partial charge is 0.318 e. The van der Waals surface area contributed by atoms with Crippen molar-refractivity contribution in [2.24, 2.45) is 0 Å². The predicted octanol–water partition coefficient (Wildman–Crippen LogP) is 3.00. The molecule has 0 radical (unpaired) electrons. The van der Waals surface area contributed by atoms with E-state index in [1.54, 1.807) is 12.5 Å². The van der Waals surface area contributed by atoms with Crippen LogP contribution in [0.3, 0.4) is 0 Å². The summed E-state index contributed by atoms with van der Waals surface area (Å²) >= 11 is 0. The van der Waals surface area contributed by atoms with Crippen LogP contribution in [0.1, 0.15) is 49.6 Å². The van der Waals surface area contributed by atoms with Gasteiger partial charge in [-0.25, -0.2) is 4.79 Å². The molecule has 6 nitrogen and oxygen atoms in total. The summed E-state index contributed by atoms with van der Waals surface area (Å²) < 4.78 is 5.33. The van der Waals surface area contributed by atoms with Gasteiger partial charge in [0.2, 0.25) is 0 Å². The molecule has 1 fully saturated rings. The van der Waals surface area contributed by atoms with Gasteiger partial charge in [0.25, 0.3) is 0 Å². The van der Waals surface area contributed by atoms with Crippen molar-refractivity contribution in [1.29, 1.82) is 0 Å². The highest BCUT2D eigenvalue weighted by atomic mass is 16.3. The normalized spacial score (nSPS) is 20.2. The van der Waals surface area contributed by atoms with Gasteiger partial charge in [0.15, 0.2) is 0 Å². The molecule has 0 bridgehead atoms. The minimum absolute atomic E-state index is 0.0511. The first-order valence-electron chi connectivity index (χ1n) is 7.35. The number of aromatic nitrogens is 2. The van der Waals surface area contributed by atoms with Gasteiger partial charge in [-0.3, -0.25) is 5.10 Å². The summed E-state index contributed by atoms with van der Waals surface area (Å²) in [7, 11) is 0. The number of amides is 2. The van der Waals surface area contributed by atoms with Gasteiger partial charge in [0, 0.05) is 18.3 Å². The number of rotatable bonds is 3. The quantitative estimate of drug-likeness (QED) is 0.911. The Hall–Kier alpha value is -2.24. The van der Waals surface area contributed by atoms with Crippen LogP contribution in [-0.4, -0.2) is 27.7 Å². The lowest BCUT2D eigenvalue weighted by atomic mass is 9.98. The van der Waals surface area contributed by atoms with Crippen molar-refractivity contribution in [2.45, 2.75) is 38.3 Å².